The molecule has 3 heterocycles. The minimum atomic E-state index is -0.256. The molecule has 4 nitrogen and oxygen atoms in total. The van der Waals surface area contributed by atoms with Gasteiger partial charge in [-0.3, -0.25) is 0 Å². The smallest absolute Gasteiger partial charge is 0.164 e. The molecule has 270 valence electrons. The maximum atomic E-state index is 5.03. The van der Waals surface area contributed by atoms with Crippen LogP contribution in [0.3, 0.4) is 0 Å². The molecule has 0 N–H and O–H groups in total. The van der Waals surface area contributed by atoms with Crippen LogP contribution < -0.4 is 4.90 Å². The van der Waals surface area contributed by atoms with Gasteiger partial charge in [-0.25, -0.2) is 15.0 Å². The third kappa shape index (κ3) is 5.65. The van der Waals surface area contributed by atoms with Crippen LogP contribution in [0.25, 0.3) is 45.3 Å². The lowest BCUT2D eigenvalue weighted by atomic mass is 9.73. The Hall–Kier alpha value is -6.30. The van der Waals surface area contributed by atoms with Crippen molar-refractivity contribution in [3.63, 3.8) is 0 Å². The molecule has 2 aliphatic rings. The predicted octanol–water partition coefficient (Wildman–Crippen LogP) is 13.4. The Morgan fingerprint density at radius 2 is 0.786 bits per heavy atom. The molecular weight excluding hydrogens is 701 g/mol. The fourth-order valence-electron chi connectivity index (χ4n) is 8.48. The first kappa shape index (κ1) is 34.2. The number of rotatable bonds is 5. The van der Waals surface area contributed by atoms with Gasteiger partial charge in [-0.05, 0) is 81.9 Å². The summed E-state index contributed by atoms with van der Waals surface area (Å²) in [5, 5.41) is 0. The highest BCUT2D eigenvalue weighted by molar-refractivity contribution is 7.99. The summed E-state index contributed by atoms with van der Waals surface area (Å²) in [6, 6.07) is 60.7. The van der Waals surface area contributed by atoms with Gasteiger partial charge in [-0.15, -0.1) is 0 Å². The van der Waals surface area contributed by atoms with Crippen LogP contribution in [0.1, 0.15) is 49.9 Å². The number of hydrogen-bond donors (Lipinski definition) is 0. The third-order valence-electron chi connectivity index (χ3n) is 11.6. The van der Waals surface area contributed by atoms with Gasteiger partial charge < -0.3 is 4.90 Å². The van der Waals surface area contributed by atoms with Crippen molar-refractivity contribution >= 4 is 28.8 Å². The minimum absolute atomic E-state index is 0.0848. The van der Waals surface area contributed by atoms with Gasteiger partial charge in [0.15, 0.2) is 17.5 Å². The summed E-state index contributed by atoms with van der Waals surface area (Å²) in [5.74, 6) is 2.00. The van der Waals surface area contributed by atoms with Crippen molar-refractivity contribution < 1.29 is 0 Å². The predicted molar refractivity (Wildman–Crippen MR) is 231 cm³/mol. The maximum Gasteiger partial charge on any atom is 0.164 e. The standard InChI is InChI=1S/C51H40N4S/c1-50(2)39-19-11-13-21-43(39)55(44-22-14-12-20-40(44)50)38-27-23-33(24-28-38)36-25-29-45-41(31-36)51(3,4)42-32-37(26-30-46(42)56-45)49-53-47(34-15-7-5-8-16-34)52-48(54-49)35-17-9-6-10-18-35/h5-32H,1-4H3. The van der Waals surface area contributed by atoms with Crippen LogP contribution in [-0.2, 0) is 10.8 Å². The molecule has 0 saturated heterocycles. The monoisotopic (exact) mass is 740 g/mol. The van der Waals surface area contributed by atoms with E-state index in [1.807, 2.05) is 48.2 Å². The summed E-state index contributed by atoms with van der Waals surface area (Å²) in [7, 11) is 0. The van der Waals surface area contributed by atoms with E-state index in [0.717, 1.165) is 22.4 Å². The largest absolute Gasteiger partial charge is 0.310 e. The van der Waals surface area contributed by atoms with Crippen LogP contribution >= 0.6 is 11.8 Å². The first-order valence-corrected chi connectivity index (χ1v) is 20.0. The topological polar surface area (TPSA) is 41.9 Å². The van der Waals surface area contributed by atoms with Crippen LogP contribution in [0.5, 0.6) is 0 Å². The van der Waals surface area contributed by atoms with E-state index in [-0.39, 0.29) is 10.8 Å². The lowest BCUT2D eigenvalue weighted by molar-refractivity contribution is 0.608. The van der Waals surface area contributed by atoms with Gasteiger partial charge in [-0.2, -0.15) is 0 Å². The normalized spacial score (nSPS) is 14.6. The molecule has 0 atom stereocenters. The van der Waals surface area contributed by atoms with Crippen LogP contribution in [0.4, 0.5) is 17.1 Å². The first-order valence-electron chi connectivity index (χ1n) is 19.2. The number of hydrogen-bond acceptors (Lipinski definition) is 5. The Bertz CT molecular complexity index is 2670. The van der Waals surface area contributed by atoms with Crippen molar-refractivity contribution in [3.05, 3.63) is 192 Å². The van der Waals surface area contributed by atoms with Gasteiger partial charge >= 0.3 is 0 Å². The molecule has 1 aromatic heterocycles. The van der Waals surface area contributed by atoms with Gasteiger partial charge in [0, 0.05) is 43.0 Å². The number of anilines is 3. The zero-order valence-electron chi connectivity index (χ0n) is 31.9. The molecule has 0 spiro atoms. The molecule has 56 heavy (non-hydrogen) atoms. The number of para-hydroxylation sites is 2. The Morgan fingerprint density at radius 1 is 0.375 bits per heavy atom. The van der Waals surface area contributed by atoms with Gasteiger partial charge in [0.05, 0.1) is 11.4 Å². The van der Waals surface area contributed by atoms with Gasteiger partial charge in [-0.1, -0.05) is 161 Å². The minimum Gasteiger partial charge on any atom is -0.310 e. The lowest BCUT2D eigenvalue weighted by Gasteiger charge is -2.42. The van der Waals surface area contributed by atoms with E-state index in [1.165, 1.54) is 54.5 Å². The second-order valence-corrected chi connectivity index (χ2v) is 16.8. The molecule has 0 fully saturated rings. The average molecular weight is 741 g/mol. The summed E-state index contributed by atoms with van der Waals surface area (Å²) >= 11 is 1.84. The van der Waals surface area contributed by atoms with Gasteiger partial charge in [0.2, 0.25) is 0 Å². The second kappa shape index (κ2) is 13.2. The van der Waals surface area contributed by atoms with Gasteiger partial charge in [0.1, 0.15) is 0 Å². The first-order chi connectivity index (χ1) is 27.3. The number of aromatic nitrogens is 3. The summed E-state index contributed by atoms with van der Waals surface area (Å²) in [6.07, 6.45) is 0. The highest BCUT2D eigenvalue weighted by atomic mass is 32.2. The second-order valence-electron chi connectivity index (χ2n) is 15.7. The fourth-order valence-corrected chi connectivity index (χ4v) is 9.84. The van der Waals surface area contributed by atoms with E-state index in [4.69, 9.17) is 15.0 Å². The van der Waals surface area contributed by atoms with E-state index >= 15 is 0 Å². The molecule has 7 aromatic carbocycles. The molecule has 0 radical (unpaired) electrons. The van der Waals surface area contributed by atoms with E-state index in [0.29, 0.717) is 17.5 Å². The van der Waals surface area contributed by atoms with Crippen molar-refractivity contribution in [2.45, 2.75) is 48.3 Å². The van der Waals surface area contributed by atoms with Crippen molar-refractivity contribution in [2.24, 2.45) is 0 Å². The summed E-state index contributed by atoms with van der Waals surface area (Å²) in [4.78, 5) is 19.9. The van der Waals surface area contributed by atoms with E-state index < -0.39 is 0 Å². The lowest BCUT2D eigenvalue weighted by Crippen LogP contribution is -2.30. The Balaban J connectivity index is 1.00. The van der Waals surface area contributed by atoms with E-state index in [1.54, 1.807) is 0 Å². The number of fused-ring (bicyclic) bond motifs is 4. The van der Waals surface area contributed by atoms with Crippen molar-refractivity contribution in [2.75, 3.05) is 4.90 Å². The van der Waals surface area contributed by atoms with E-state index in [9.17, 15) is 0 Å². The molecular formula is C51H40N4S. The molecule has 2 aliphatic heterocycles. The van der Waals surface area contributed by atoms with Crippen molar-refractivity contribution in [1.82, 2.24) is 15.0 Å². The molecule has 0 saturated carbocycles. The SMILES string of the molecule is CC1(C)c2cc(-c3ccc(N4c5ccccc5C(C)(C)c5ccccc54)cc3)ccc2Sc2ccc(-c3nc(-c4ccccc4)nc(-c4ccccc4)n3)cc21. The Kier molecular flexibility index (Phi) is 8.05. The fraction of sp³-hybridized carbons (Fsp3) is 0.118. The molecule has 0 aliphatic carbocycles. The number of benzene rings is 7. The zero-order valence-corrected chi connectivity index (χ0v) is 32.7. The van der Waals surface area contributed by atoms with Crippen LogP contribution in [-0.4, -0.2) is 15.0 Å². The average Bonchev–Trinajstić information content (AvgIpc) is 3.24. The van der Waals surface area contributed by atoms with E-state index in [2.05, 4.69) is 166 Å². The Labute approximate surface area is 333 Å². The van der Waals surface area contributed by atoms with Crippen LogP contribution in [0, 0.1) is 0 Å². The quantitative estimate of drug-likeness (QED) is 0.176. The molecule has 0 amide bonds. The van der Waals surface area contributed by atoms with Gasteiger partial charge in [0.25, 0.3) is 0 Å². The van der Waals surface area contributed by atoms with Crippen LogP contribution in [0.15, 0.2) is 180 Å². The molecule has 5 heteroatoms. The highest BCUT2D eigenvalue weighted by Crippen LogP contribution is 2.53. The van der Waals surface area contributed by atoms with Crippen molar-refractivity contribution in [3.8, 4) is 45.3 Å². The van der Waals surface area contributed by atoms with Crippen LogP contribution in [0.2, 0.25) is 0 Å². The molecule has 0 unspecified atom stereocenters. The Morgan fingerprint density at radius 3 is 1.32 bits per heavy atom. The third-order valence-corrected chi connectivity index (χ3v) is 12.7. The van der Waals surface area contributed by atoms with Crippen molar-refractivity contribution in [1.29, 1.82) is 0 Å². The molecule has 10 rings (SSSR count). The molecule has 8 aromatic rings. The molecule has 0 bridgehead atoms. The summed E-state index contributed by atoms with van der Waals surface area (Å²) < 4.78 is 0. The summed E-state index contributed by atoms with van der Waals surface area (Å²) in [5.41, 5.74) is 13.9. The zero-order chi connectivity index (χ0) is 38.0. The summed E-state index contributed by atoms with van der Waals surface area (Å²) in [6.45, 7) is 9.34. The maximum absolute atomic E-state index is 5.03. The highest BCUT2D eigenvalue weighted by Gasteiger charge is 2.37. The number of nitrogens with zero attached hydrogens (tertiary/aromatic N) is 4.